The van der Waals surface area contributed by atoms with Crippen LogP contribution in [0.2, 0.25) is 0 Å². The first-order valence-electron chi connectivity index (χ1n) is 22.9. The Bertz CT molecular complexity index is 1610. The molecule has 0 unspecified atom stereocenters. The molecule has 5 aliphatic heterocycles. The summed E-state index contributed by atoms with van der Waals surface area (Å²) in [6.07, 6.45) is -11.8. The first kappa shape index (κ1) is 45.2. The Morgan fingerprint density at radius 2 is 1.48 bits per heavy atom. The number of aliphatic hydroxyl groups excluding tert-OH is 8. The summed E-state index contributed by atoms with van der Waals surface area (Å²) in [6.45, 7) is 10.3. The van der Waals surface area contributed by atoms with Gasteiger partial charge in [0.25, 0.3) is 0 Å². The summed E-state index contributed by atoms with van der Waals surface area (Å²) in [5.74, 6) is 0.647. The van der Waals surface area contributed by atoms with Crippen molar-refractivity contribution in [1.29, 1.82) is 0 Å². The van der Waals surface area contributed by atoms with Gasteiger partial charge in [-0.2, -0.15) is 0 Å². The van der Waals surface area contributed by atoms with E-state index in [4.69, 9.17) is 37.9 Å². The molecular formula is C44H70O17. The van der Waals surface area contributed by atoms with E-state index in [0.29, 0.717) is 31.8 Å². The van der Waals surface area contributed by atoms with E-state index in [1.807, 2.05) is 0 Å². The molecule has 9 rings (SSSR count). The predicted octanol–water partition coefficient (Wildman–Crippen LogP) is -0.0319. The van der Waals surface area contributed by atoms with Crippen LogP contribution >= 0.6 is 0 Å². The van der Waals surface area contributed by atoms with Crippen molar-refractivity contribution in [1.82, 2.24) is 0 Å². The third-order valence-corrected chi connectivity index (χ3v) is 17.5. The highest BCUT2D eigenvalue weighted by molar-refractivity contribution is 5.29. The van der Waals surface area contributed by atoms with Gasteiger partial charge in [-0.3, -0.25) is 0 Å². The SMILES string of the molecule is C[C@@H]1CC[C@]2(OC1)O[C@@H]1C[C@@]3(O)[C@@H]4CC=C5C[C@H](O[C@@H]6O[C@H](CO)[C@@H](O[C@@H]7OC[C@H](O)[C@H](O)[C@@H]7O)[C@H](O)[C@H]6O[C@@H]6O[C@@H](C)[C@H](O)[C@H](O)[C@@H]6O)CC[C@]5(C)[C@H]4CC[C@]3(C)[C@@H]1[C@@H]2C. The fourth-order valence-corrected chi connectivity index (χ4v) is 13.7. The summed E-state index contributed by atoms with van der Waals surface area (Å²) >= 11 is 0. The minimum atomic E-state index is -1.73. The molecule has 9 N–H and O–H groups in total. The molecule has 348 valence electrons. The Morgan fingerprint density at radius 1 is 0.738 bits per heavy atom. The van der Waals surface area contributed by atoms with Crippen molar-refractivity contribution in [2.24, 2.45) is 40.4 Å². The largest absolute Gasteiger partial charge is 0.394 e. The highest BCUT2D eigenvalue weighted by Crippen LogP contribution is 2.72. The van der Waals surface area contributed by atoms with Gasteiger partial charge in [0.2, 0.25) is 0 Å². The van der Waals surface area contributed by atoms with Crippen LogP contribution in [0.25, 0.3) is 0 Å². The molecule has 0 bridgehead atoms. The fraction of sp³-hybridized carbons (Fsp3) is 0.955. The molecular weight excluding hydrogens is 800 g/mol. The Hall–Kier alpha value is -0.940. The van der Waals surface area contributed by atoms with Crippen LogP contribution in [0.5, 0.6) is 0 Å². The van der Waals surface area contributed by atoms with Gasteiger partial charge in [0.1, 0.15) is 61.0 Å². The van der Waals surface area contributed by atoms with E-state index in [1.165, 1.54) is 12.5 Å². The highest BCUT2D eigenvalue weighted by atomic mass is 16.8. The second-order valence-electron chi connectivity index (χ2n) is 20.8. The minimum Gasteiger partial charge on any atom is -0.394 e. The summed E-state index contributed by atoms with van der Waals surface area (Å²) in [4.78, 5) is 0. The molecule has 0 aromatic rings. The Kier molecular flexibility index (Phi) is 12.2. The summed E-state index contributed by atoms with van der Waals surface area (Å²) in [5, 5.41) is 98.1. The molecule has 5 saturated heterocycles. The van der Waals surface area contributed by atoms with Crippen molar-refractivity contribution in [2.75, 3.05) is 19.8 Å². The zero-order valence-corrected chi connectivity index (χ0v) is 36.0. The van der Waals surface area contributed by atoms with Crippen LogP contribution < -0.4 is 0 Å². The number of hydrogen-bond donors (Lipinski definition) is 9. The van der Waals surface area contributed by atoms with E-state index >= 15 is 0 Å². The van der Waals surface area contributed by atoms with Gasteiger partial charge in [-0.05, 0) is 75.0 Å². The molecule has 25 atom stereocenters. The van der Waals surface area contributed by atoms with Crippen molar-refractivity contribution in [3.8, 4) is 0 Å². The van der Waals surface area contributed by atoms with Crippen LogP contribution in [-0.2, 0) is 37.9 Å². The Labute approximate surface area is 357 Å². The van der Waals surface area contributed by atoms with E-state index in [1.54, 1.807) is 0 Å². The third kappa shape index (κ3) is 7.14. The quantitative estimate of drug-likeness (QED) is 0.152. The number of allylic oxidation sites excluding steroid dienone is 1. The van der Waals surface area contributed by atoms with E-state index in [2.05, 4.69) is 33.8 Å². The molecule has 8 fully saturated rings. The lowest BCUT2D eigenvalue weighted by molar-refractivity contribution is -0.385. The van der Waals surface area contributed by atoms with Crippen molar-refractivity contribution < 1.29 is 83.9 Å². The summed E-state index contributed by atoms with van der Waals surface area (Å²) in [6, 6.07) is 0. The maximum atomic E-state index is 13.0. The standard InChI is InChI=1S/C44H70O17/c1-19-8-13-44(55-17-19)20(2)29-27(61-44)15-43(53)25-7-6-22-14-23(9-11-41(22,4)24(25)10-12-42(29,43)5)57-40-37(60-39-34(51)32(49)30(47)21(3)56-39)35(52)36(28(16-45)58-40)59-38-33(50)31(48)26(46)18-54-38/h6,19-21,23-40,45-53H,7-18H2,1-5H3/t19-,20+,21+,23-,24+,25-,26+,27-,28-,29-,30+,31+,32+,33+,34+,35+,36-,37-,38+,39+,40-,41+,42-,43-,44+/m1/s1. The minimum absolute atomic E-state index is 0.0513. The van der Waals surface area contributed by atoms with E-state index in [9.17, 15) is 46.0 Å². The molecule has 0 aromatic heterocycles. The number of rotatable bonds is 7. The topological polar surface area (TPSA) is 256 Å². The third-order valence-electron chi connectivity index (χ3n) is 17.5. The lowest BCUT2D eigenvalue weighted by atomic mass is 9.45. The van der Waals surface area contributed by atoms with Gasteiger partial charge < -0.3 is 83.9 Å². The number of aliphatic hydroxyl groups is 9. The van der Waals surface area contributed by atoms with Crippen molar-refractivity contribution in [3.63, 3.8) is 0 Å². The molecule has 3 saturated carbocycles. The zero-order valence-electron chi connectivity index (χ0n) is 36.0. The molecule has 17 heteroatoms. The maximum absolute atomic E-state index is 13.0. The van der Waals surface area contributed by atoms with Crippen LogP contribution in [0, 0.1) is 40.4 Å². The molecule has 1 spiro atoms. The monoisotopic (exact) mass is 870 g/mol. The summed E-state index contributed by atoms with van der Waals surface area (Å²) in [5.41, 5.74) is -0.160. The molecule has 9 aliphatic rings. The van der Waals surface area contributed by atoms with Crippen LogP contribution in [0.15, 0.2) is 11.6 Å². The van der Waals surface area contributed by atoms with Crippen LogP contribution in [0.4, 0.5) is 0 Å². The molecule has 17 nitrogen and oxygen atoms in total. The lowest BCUT2D eigenvalue weighted by Crippen LogP contribution is -2.66. The number of hydrogen-bond acceptors (Lipinski definition) is 17. The average Bonchev–Trinajstić information content (AvgIpc) is 3.63. The van der Waals surface area contributed by atoms with Gasteiger partial charge in [0, 0.05) is 30.1 Å². The van der Waals surface area contributed by atoms with Gasteiger partial charge in [-0.1, -0.05) is 39.3 Å². The van der Waals surface area contributed by atoms with Gasteiger partial charge in [0.15, 0.2) is 24.7 Å². The smallest absolute Gasteiger partial charge is 0.187 e. The second kappa shape index (κ2) is 16.4. The average molecular weight is 871 g/mol. The summed E-state index contributed by atoms with van der Waals surface area (Å²) < 4.78 is 49.5. The van der Waals surface area contributed by atoms with Crippen molar-refractivity contribution in [2.45, 2.75) is 202 Å². The molecule has 0 aromatic carbocycles. The van der Waals surface area contributed by atoms with E-state index in [-0.39, 0.29) is 47.2 Å². The molecule has 61 heavy (non-hydrogen) atoms. The Balaban J connectivity index is 0.925. The fourth-order valence-electron chi connectivity index (χ4n) is 13.7. The zero-order chi connectivity index (χ0) is 43.6. The van der Waals surface area contributed by atoms with Gasteiger partial charge >= 0.3 is 0 Å². The van der Waals surface area contributed by atoms with Crippen molar-refractivity contribution >= 4 is 0 Å². The molecule has 4 aliphatic carbocycles. The highest BCUT2D eigenvalue weighted by Gasteiger charge is 2.74. The first-order chi connectivity index (χ1) is 28.9. The van der Waals surface area contributed by atoms with Crippen LogP contribution in [0.3, 0.4) is 0 Å². The van der Waals surface area contributed by atoms with E-state index < -0.39 is 110 Å². The predicted molar refractivity (Wildman–Crippen MR) is 210 cm³/mol. The number of fused-ring (bicyclic) bond motifs is 7. The molecule has 0 radical (unpaired) electrons. The van der Waals surface area contributed by atoms with Gasteiger partial charge in [0.05, 0.1) is 43.7 Å². The lowest BCUT2D eigenvalue weighted by Gasteiger charge is -2.62. The van der Waals surface area contributed by atoms with Crippen LogP contribution in [-0.4, -0.2) is 175 Å². The molecule has 5 heterocycles. The van der Waals surface area contributed by atoms with Gasteiger partial charge in [-0.15, -0.1) is 0 Å². The second-order valence-corrected chi connectivity index (χ2v) is 20.8. The first-order valence-corrected chi connectivity index (χ1v) is 22.9. The summed E-state index contributed by atoms with van der Waals surface area (Å²) in [7, 11) is 0. The Morgan fingerprint density at radius 3 is 2.20 bits per heavy atom. The van der Waals surface area contributed by atoms with Crippen molar-refractivity contribution in [3.05, 3.63) is 11.6 Å². The number of ether oxygens (including phenoxy) is 8. The maximum Gasteiger partial charge on any atom is 0.187 e. The normalized spacial score (nSPS) is 58.4. The van der Waals surface area contributed by atoms with Gasteiger partial charge in [-0.25, -0.2) is 0 Å². The van der Waals surface area contributed by atoms with Crippen LogP contribution in [0.1, 0.15) is 92.4 Å². The van der Waals surface area contributed by atoms with E-state index in [0.717, 1.165) is 38.5 Å². The molecule has 0 amide bonds.